The van der Waals surface area contributed by atoms with Crippen molar-refractivity contribution in [1.82, 2.24) is 15.1 Å². The van der Waals surface area contributed by atoms with Crippen LogP contribution in [0, 0.1) is 5.82 Å². The average molecular weight is 494 g/mol. The van der Waals surface area contributed by atoms with Crippen molar-refractivity contribution in [2.24, 2.45) is 0 Å². The number of halogens is 1. The quantitative estimate of drug-likeness (QED) is 0.641. The molecule has 1 N–H and O–H groups in total. The van der Waals surface area contributed by atoms with Crippen molar-refractivity contribution >= 4 is 11.8 Å². The van der Waals surface area contributed by atoms with Crippen LogP contribution in [0.5, 0.6) is 5.75 Å². The lowest BCUT2D eigenvalue weighted by atomic mass is 9.84. The second-order valence-electron chi connectivity index (χ2n) is 10.5. The number of fused-ring (bicyclic) bond motifs is 1. The van der Waals surface area contributed by atoms with Crippen LogP contribution in [0.25, 0.3) is 0 Å². The number of nitrogens with zero attached hydrogens (tertiary/aromatic N) is 2. The number of hydrogen-bond acceptors (Lipinski definition) is 4. The molecule has 5 rings (SSSR count). The Morgan fingerprint density at radius 1 is 1.11 bits per heavy atom. The van der Waals surface area contributed by atoms with Gasteiger partial charge < -0.3 is 15.0 Å². The van der Waals surface area contributed by atoms with Gasteiger partial charge in [-0.15, -0.1) is 0 Å². The number of benzene rings is 2. The largest absolute Gasteiger partial charge is 0.497 e. The van der Waals surface area contributed by atoms with Gasteiger partial charge in [0.15, 0.2) is 0 Å². The standard InChI is InChI=1S/C29H36FN3O3/c1-36-25-8-9-26(30)23(19-25)20-29(12-10-27(34)31-29)13-11-28(35)33-16-14-32(15-17-33)24-7-6-21-4-2-3-5-22(21)18-24/h2-5,8-9,19,24H,6-7,10-18,20H2,1H3,(H,31,34). The fourth-order valence-electron chi connectivity index (χ4n) is 6.19. The second-order valence-corrected chi connectivity index (χ2v) is 10.5. The monoisotopic (exact) mass is 493 g/mol. The van der Waals surface area contributed by atoms with E-state index in [-0.39, 0.29) is 17.6 Å². The number of piperazine rings is 1. The summed E-state index contributed by atoms with van der Waals surface area (Å²) in [6, 6.07) is 14.0. The molecule has 0 radical (unpaired) electrons. The number of carbonyl (C=O) groups excluding carboxylic acids is 2. The van der Waals surface area contributed by atoms with Gasteiger partial charge in [0.25, 0.3) is 0 Å². The summed E-state index contributed by atoms with van der Waals surface area (Å²) in [6.07, 6.45) is 5.61. The summed E-state index contributed by atoms with van der Waals surface area (Å²) in [4.78, 5) is 29.8. The Kier molecular flexibility index (Phi) is 7.28. The molecule has 3 aliphatic rings. The predicted octanol–water partition coefficient (Wildman–Crippen LogP) is 3.51. The van der Waals surface area contributed by atoms with Crippen LogP contribution >= 0.6 is 0 Å². The Hall–Kier alpha value is -2.93. The van der Waals surface area contributed by atoms with Gasteiger partial charge in [-0.25, -0.2) is 4.39 Å². The fourth-order valence-corrected chi connectivity index (χ4v) is 6.19. The zero-order valence-corrected chi connectivity index (χ0v) is 21.1. The van der Waals surface area contributed by atoms with Crippen molar-refractivity contribution in [1.29, 1.82) is 0 Å². The van der Waals surface area contributed by atoms with E-state index in [1.807, 2.05) is 4.90 Å². The lowest BCUT2D eigenvalue weighted by Crippen LogP contribution is -2.53. The summed E-state index contributed by atoms with van der Waals surface area (Å²) in [5.74, 6) is 0.356. The molecule has 7 heteroatoms. The smallest absolute Gasteiger partial charge is 0.222 e. The van der Waals surface area contributed by atoms with Crippen LogP contribution in [0.1, 0.15) is 48.8 Å². The third-order valence-electron chi connectivity index (χ3n) is 8.34. The minimum absolute atomic E-state index is 0.0339. The molecular formula is C29H36FN3O3. The molecule has 2 amide bonds. The Morgan fingerprint density at radius 3 is 2.61 bits per heavy atom. The molecule has 0 bridgehead atoms. The maximum Gasteiger partial charge on any atom is 0.222 e. The van der Waals surface area contributed by atoms with E-state index in [9.17, 15) is 14.0 Å². The highest BCUT2D eigenvalue weighted by Crippen LogP contribution is 2.32. The highest BCUT2D eigenvalue weighted by Gasteiger charge is 2.39. The Morgan fingerprint density at radius 2 is 1.89 bits per heavy atom. The minimum atomic E-state index is -0.600. The van der Waals surface area contributed by atoms with Crippen molar-refractivity contribution in [2.45, 2.75) is 62.9 Å². The normalized spacial score (nSPS) is 24.3. The molecule has 0 spiro atoms. The molecule has 2 atom stereocenters. The highest BCUT2D eigenvalue weighted by molar-refractivity contribution is 5.80. The first-order valence-corrected chi connectivity index (χ1v) is 13.2. The summed E-state index contributed by atoms with van der Waals surface area (Å²) in [5, 5.41) is 3.07. The van der Waals surface area contributed by atoms with Gasteiger partial charge in [-0.3, -0.25) is 14.5 Å². The zero-order chi connectivity index (χ0) is 25.1. The topological polar surface area (TPSA) is 61.9 Å². The van der Waals surface area contributed by atoms with Gasteiger partial charge >= 0.3 is 0 Å². The molecule has 2 unspecified atom stereocenters. The van der Waals surface area contributed by atoms with Gasteiger partial charge in [0.1, 0.15) is 11.6 Å². The summed E-state index contributed by atoms with van der Waals surface area (Å²) in [5.41, 5.74) is 2.84. The van der Waals surface area contributed by atoms with Crippen LogP contribution in [0.2, 0.25) is 0 Å². The molecule has 192 valence electrons. The molecule has 2 aromatic carbocycles. The fraction of sp³-hybridized carbons (Fsp3) is 0.517. The summed E-state index contributed by atoms with van der Waals surface area (Å²) in [7, 11) is 1.55. The van der Waals surface area contributed by atoms with Crippen LogP contribution < -0.4 is 10.1 Å². The van der Waals surface area contributed by atoms with Gasteiger partial charge in [0.2, 0.25) is 11.8 Å². The number of carbonyl (C=O) groups is 2. The van der Waals surface area contributed by atoms with Crippen molar-refractivity contribution in [3.63, 3.8) is 0 Å². The lowest BCUT2D eigenvalue weighted by molar-refractivity contribution is -0.134. The molecule has 36 heavy (non-hydrogen) atoms. The molecule has 2 aliphatic heterocycles. The first kappa shape index (κ1) is 24.8. The molecule has 2 heterocycles. The van der Waals surface area contributed by atoms with E-state index < -0.39 is 5.54 Å². The molecular weight excluding hydrogens is 457 g/mol. The van der Waals surface area contributed by atoms with E-state index in [4.69, 9.17) is 4.74 Å². The number of amides is 2. The van der Waals surface area contributed by atoms with E-state index in [1.165, 1.54) is 23.6 Å². The van der Waals surface area contributed by atoms with Crippen LogP contribution in [-0.4, -0.2) is 66.5 Å². The number of methoxy groups -OCH3 is 1. The SMILES string of the molecule is COc1ccc(F)c(CC2(CCC(=O)N3CCN(C4CCc5ccccc5C4)CC3)CCC(=O)N2)c1. The summed E-state index contributed by atoms with van der Waals surface area (Å²) >= 11 is 0. The van der Waals surface area contributed by atoms with Crippen LogP contribution in [-0.2, 0) is 28.9 Å². The molecule has 2 saturated heterocycles. The Balaban J connectivity index is 1.16. The molecule has 1 aliphatic carbocycles. The number of ether oxygens (including phenoxy) is 1. The van der Waals surface area contributed by atoms with Crippen molar-refractivity contribution < 1.29 is 18.7 Å². The third-order valence-corrected chi connectivity index (χ3v) is 8.34. The van der Waals surface area contributed by atoms with Crippen molar-refractivity contribution in [3.05, 3.63) is 65.0 Å². The zero-order valence-electron chi connectivity index (χ0n) is 21.1. The van der Waals surface area contributed by atoms with Crippen molar-refractivity contribution in [3.8, 4) is 5.75 Å². The molecule has 2 aromatic rings. The summed E-state index contributed by atoms with van der Waals surface area (Å²) in [6.45, 7) is 3.27. The first-order chi connectivity index (χ1) is 17.4. The maximum atomic E-state index is 14.5. The van der Waals surface area contributed by atoms with Crippen molar-refractivity contribution in [2.75, 3.05) is 33.3 Å². The van der Waals surface area contributed by atoms with E-state index in [0.29, 0.717) is 49.5 Å². The second kappa shape index (κ2) is 10.6. The van der Waals surface area contributed by atoms with E-state index in [1.54, 1.807) is 19.2 Å². The van der Waals surface area contributed by atoms with Gasteiger partial charge in [-0.2, -0.15) is 0 Å². The van der Waals surface area contributed by atoms with E-state index >= 15 is 0 Å². The third kappa shape index (κ3) is 5.41. The van der Waals surface area contributed by atoms with Gasteiger partial charge in [0, 0.05) is 50.6 Å². The molecule has 0 aromatic heterocycles. The maximum absolute atomic E-state index is 14.5. The highest BCUT2D eigenvalue weighted by atomic mass is 19.1. The Labute approximate surface area is 212 Å². The molecule has 6 nitrogen and oxygen atoms in total. The van der Waals surface area contributed by atoms with Crippen LogP contribution in [0.3, 0.4) is 0 Å². The minimum Gasteiger partial charge on any atom is -0.497 e. The summed E-state index contributed by atoms with van der Waals surface area (Å²) < 4.78 is 19.8. The molecule has 0 saturated carbocycles. The van der Waals surface area contributed by atoms with Gasteiger partial charge in [-0.1, -0.05) is 24.3 Å². The van der Waals surface area contributed by atoms with Gasteiger partial charge in [-0.05, 0) is 73.4 Å². The van der Waals surface area contributed by atoms with Crippen LogP contribution in [0.15, 0.2) is 42.5 Å². The molecule has 2 fully saturated rings. The van der Waals surface area contributed by atoms with E-state index in [2.05, 4.69) is 34.5 Å². The number of nitrogens with one attached hydrogen (secondary N) is 1. The lowest BCUT2D eigenvalue weighted by Gasteiger charge is -2.41. The number of rotatable bonds is 7. The van der Waals surface area contributed by atoms with Crippen LogP contribution in [0.4, 0.5) is 4.39 Å². The average Bonchev–Trinajstić information content (AvgIpc) is 3.28. The Bertz CT molecular complexity index is 1110. The van der Waals surface area contributed by atoms with Gasteiger partial charge in [0.05, 0.1) is 7.11 Å². The van der Waals surface area contributed by atoms with E-state index in [0.717, 1.165) is 39.0 Å². The number of hydrogen-bond donors (Lipinski definition) is 1. The number of aryl methyl sites for hydroxylation is 1. The predicted molar refractivity (Wildman–Crippen MR) is 136 cm³/mol. The first-order valence-electron chi connectivity index (χ1n) is 13.2.